The zero-order chi connectivity index (χ0) is 10.8. The molecule has 1 fully saturated rings. The van der Waals surface area contributed by atoms with Crippen LogP contribution in [0.1, 0.15) is 24.0 Å². The van der Waals surface area contributed by atoms with E-state index in [0.29, 0.717) is 11.1 Å². The maximum absolute atomic E-state index is 9.60. The molecule has 2 rings (SSSR count). The standard InChI is InChI=1S/C12H16ClNO/c1-8-5-9(12(13)11(15)6-8)7-10-3-2-4-14-10/h5-6,10,14-15H,2-4,7H2,1H3. The minimum absolute atomic E-state index is 0.199. The molecule has 1 heterocycles. The fourth-order valence-electron chi connectivity index (χ4n) is 2.17. The van der Waals surface area contributed by atoms with Crippen molar-refractivity contribution in [3.8, 4) is 5.75 Å². The lowest BCUT2D eigenvalue weighted by Crippen LogP contribution is -2.23. The highest BCUT2D eigenvalue weighted by molar-refractivity contribution is 6.32. The van der Waals surface area contributed by atoms with E-state index in [-0.39, 0.29) is 5.75 Å². The van der Waals surface area contributed by atoms with Gasteiger partial charge in [-0.15, -0.1) is 0 Å². The summed E-state index contributed by atoms with van der Waals surface area (Å²) in [6.45, 7) is 3.07. The van der Waals surface area contributed by atoms with E-state index in [0.717, 1.165) is 24.1 Å². The summed E-state index contributed by atoms with van der Waals surface area (Å²) in [5.74, 6) is 0.199. The number of nitrogens with one attached hydrogen (secondary N) is 1. The molecular formula is C12H16ClNO. The van der Waals surface area contributed by atoms with Crippen LogP contribution in [-0.2, 0) is 6.42 Å². The number of phenols is 1. The smallest absolute Gasteiger partial charge is 0.134 e. The molecule has 2 nitrogen and oxygen atoms in total. The Morgan fingerprint density at radius 3 is 3.00 bits per heavy atom. The number of aromatic hydroxyl groups is 1. The molecule has 0 spiro atoms. The summed E-state index contributed by atoms with van der Waals surface area (Å²) in [4.78, 5) is 0. The van der Waals surface area contributed by atoms with Gasteiger partial charge in [0.2, 0.25) is 0 Å². The maximum atomic E-state index is 9.60. The van der Waals surface area contributed by atoms with Gasteiger partial charge in [-0.3, -0.25) is 0 Å². The molecule has 0 aliphatic carbocycles. The van der Waals surface area contributed by atoms with Crippen molar-refractivity contribution in [1.82, 2.24) is 5.32 Å². The molecular weight excluding hydrogens is 210 g/mol. The fourth-order valence-corrected chi connectivity index (χ4v) is 2.35. The van der Waals surface area contributed by atoms with Gasteiger partial charge in [0.15, 0.2) is 0 Å². The molecule has 0 aromatic heterocycles. The summed E-state index contributed by atoms with van der Waals surface area (Å²) >= 11 is 6.07. The van der Waals surface area contributed by atoms with E-state index in [4.69, 9.17) is 11.6 Å². The van der Waals surface area contributed by atoms with E-state index < -0.39 is 0 Å². The second-order valence-corrected chi connectivity index (χ2v) is 4.63. The number of benzene rings is 1. The van der Waals surface area contributed by atoms with E-state index in [1.54, 1.807) is 6.07 Å². The topological polar surface area (TPSA) is 32.3 Å². The maximum Gasteiger partial charge on any atom is 0.134 e. The SMILES string of the molecule is Cc1cc(O)c(Cl)c(CC2CCCN2)c1. The molecule has 1 unspecified atom stereocenters. The largest absolute Gasteiger partial charge is 0.506 e. The van der Waals surface area contributed by atoms with Crippen molar-refractivity contribution in [2.24, 2.45) is 0 Å². The zero-order valence-corrected chi connectivity index (χ0v) is 9.64. The molecule has 0 saturated carbocycles. The van der Waals surface area contributed by atoms with Crippen LogP contribution in [0.2, 0.25) is 5.02 Å². The molecule has 0 radical (unpaired) electrons. The summed E-state index contributed by atoms with van der Waals surface area (Å²) in [5.41, 5.74) is 2.11. The second-order valence-electron chi connectivity index (χ2n) is 4.25. The van der Waals surface area contributed by atoms with Crippen molar-refractivity contribution in [1.29, 1.82) is 0 Å². The van der Waals surface area contributed by atoms with E-state index in [1.807, 2.05) is 6.92 Å². The summed E-state index contributed by atoms with van der Waals surface area (Å²) in [5, 5.41) is 13.5. The minimum atomic E-state index is 0.199. The molecule has 1 aromatic carbocycles. The van der Waals surface area contributed by atoms with Gasteiger partial charge in [0.05, 0.1) is 5.02 Å². The van der Waals surface area contributed by atoms with Crippen molar-refractivity contribution >= 4 is 11.6 Å². The van der Waals surface area contributed by atoms with Gasteiger partial charge in [-0.1, -0.05) is 17.7 Å². The third-order valence-electron chi connectivity index (χ3n) is 2.90. The Balaban J connectivity index is 2.19. The lowest BCUT2D eigenvalue weighted by molar-refractivity contribution is 0.473. The zero-order valence-electron chi connectivity index (χ0n) is 8.89. The molecule has 0 bridgehead atoms. The van der Waals surface area contributed by atoms with Crippen molar-refractivity contribution in [3.05, 3.63) is 28.3 Å². The van der Waals surface area contributed by atoms with Gasteiger partial charge in [0.25, 0.3) is 0 Å². The van der Waals surface area contributed by atoms with Gasteiger partial charge in [0.1, 0.15) is 5.75 Å². The van der Waals surface area contributed by atoms with Gasteiger partial charge in [-0.2, -0.15) is 0 Å². The van der Waals surface area contributed by atoms with Gasteiger partial charge in [-0.05, 0) is 49.9 Å². The predicted octanol–water partition coefficient (Wildman–Crippen LogP) is 2.65. The van der Waals surface area contributed by atoms with E-state index in [1.165, 1.54) is 12.8 Å². The molecule has 3 heteroatoms. The Morgan fingerprint density at radius 1 is 1.53 bits per heavy atom. The van der Waals surface area contributed by atoms with Crippen LogP contribution in [0.3, 0.4) is 0 Å². The average molecular weight is 226 g/mol. The Morgan fingerprint density at radius 2 is 2.33 bits per heavy atom. The highest BCUT2D eigenvalue weighted by atomic mass is 35.5. The normalized spacial score (nSPS) is 20.8. The predicted molar refractivity (Wildman–Crippen MR) is 62.6 cm³/mol. The first kappa shape index (κ1) is 10.8. The van der Waals surface area contributed by atoms with Crippen molar-refractivity contribution < 1.29 is 5.11 Å². The summed E-state index contributed by atoms with van der Waals surface area (Å²) in [7, 11) is 0. The van der Waals surface area contributed by atoms with Crippen LogP contribution in [0.25, 0.3) is 0 Å². The van der Waals surface area contributed by atoms with Crippen LogP contribution in [0.4, 0.5) is 0 Å². The van der Waals surface area contributed by atoms with Crippen LogP contribution >= 0.6 is 11.6 Å². The number of phenolic OH excluding ortho intramolecular Hbond substituents is 1. The van der Waals surface area contributed by atoms with Crippen LogP contribution < -0.4 is 5.32 Å². The Kier molecular flexibility index (Phi) is 3.17. The second kappa shape index (κ2) is 4.42. The summed E-state index contributed by atoms with van der Waals surface area (Å²) in [6.07, 6.45) is 3.35. The number of aryl methyl sites for hydroxylation is 1. The highest BCUT2D eigenvalue weighted by Gasteiger charge is 2.17. The van der Waals surface area contributed by atoms with Crippen molar-refractivity contribution in [2.75, 3.05) is 6.54 Å². The van der Waals surface area contributed by atoms with Crippen LogP contribution in [0.5, 0.6) is 5.75 Å². The molecule has 2 N–H and O–H groups in total. The van der Waals surface area contributed by atoms with Gasteiger partial charge < -0.3 is 10.4 Å². The first-order chi connectivity index (χ1) is 7.16. The average Bonchev–Trinajstić information content (AvgIpc) is 2.66. The summed E-state index contributed by atoms with van der Waals surface area (Å²) in [6, 6.07) is 4.28. The molecule has 0 amide bonds. The molecule has 82 valence electrons. The van der Waals surface area contributed by atoms with Crippen LogP contribution in [0, 0.1) is 6.92 Å². The lowest BCUT2D eigenvalue weighted by atomic mass is 10.0. The lowest BCUT2D eigenvalue weighted by Gasteiger charge is -2.13. The van der Waals surface area contributed by atoms with Crippen LogP contribution in [-0.4, -0.2) is 17.7 Å². The Hall–Kier alpha value is -0.730. The molecule has 15 heavy (non-hydrogen) atoms. The van der Waals surface area contributed by atoms with Crippen LogP contribution in [0.15, 0.2) is 12.1 Å². The van der Waals surface area contributed by atoms with E-state index in [9.17, 15) is 5.11 Å². The minimum Gasteiger partial charge on any atom is -0.506 e. The number of hydrogen-bond donors (Lipinski definition) is 2. The van der Waals surface area contributed by atoms with Gasteiger partial charge in [0, 0.05) is 6.04 Å². The molecule has 1 aliphatic heterocycles. The first-order valence-corrected chi connectivity index (χ1v) is 5.76. The number of rotatable bonds is 2. The Labute approximate surface area is 95.3 Å². The number of halogens is 1. The van der Waals surface area contributed by atoms with E-state index >= 15 is 0 Å². The monoisotopic (exact) mass is 225 g/mol. The van der Waals surface area contributed by atoms with Gasteiger partial charge in [-0.25, -0.2) is 0 Å². The highest BCUT2D eigenvalue weighted by Crippen LogP contribution is 2.30. The quantitative estimate of drug-likeness (QED) is 0.811. The third-order valence-corrected chi connectivity index (χ3v) is 3.34. The fraction of sp³-hybridized carbons (Fsp3) is 0.500. The van der Waals surface area contributed by atoms with E-state index in [2.05, 4.69) is 11.4 Å². The van der Waals surface area contributed by atoms with Gasteiger partial charge >= 0.3 is 0 Å². The number of hydrogen-bond acceptors (Lipinski definition) is 2. The summed E-state index contributed by atoms with van der Waals surface area (Å²) < 4.78 is 0. The van der Waals surface area contributed by atoms with Crippen molar-refractivity contribution in [3.63, 3.8) is 0 Å². The molecule has 1 aromatic rings. The molecule has 1 saturated heterocycles. The molecule has 1 aliphatic rings. The first-order valence-electron chi connectivity index (χ1n) is 5.38. The van der Waals surface area contributed by atoms with Crippen molar-refractivity contribution in [2.45, 2.75) is 32.2 Å². The molecule has 1 atom stereocenters. The Bertz CT molecular complexity index is 359. The third kappa shape index (κ3) is 2.44.